The highest BCUT2D eigenvalue weighted by molar-refractivity contribution is 9.10. The Morgan fingerprint density at radius 2 is 1.86 bits per heavy atom. The van der Waals surface area contributed by atoms with E-state index in [4.69, 9.17) is 9.47 Å². The van der Waals surface area contributed by atoms with Crippen molar-refractivity contribution in [1.29, 1.82) is 0 Å². The molecule has 1 amide bonds. The van der Waals surface area contributed by atoms with Gasteiger partial charge in [-0.3, -0.25) is 4.79 Å². The van der Waals surface area contributed by atoms with Crippen LogP contribution in [0.3, 0.4) is 0 Å². The van der Waals surface area contributed by atoms with Gasteiger partial charge in [0.25, 0.3) is 5.91 Å². The summed E-state index contributed by atoms with van der Waals surface area (Å²) in [6.07, 6.45) is -0.639. The molecule has 0 aliphatic rings. The van der Waals surface area contributed by atoms with E-state index in [1.807, 2.05) is 37.3 Å². The van der Waals surface area contributed by atoms with E-state index < -0.39 is 6.10 Å². The van der Waals surface area contributed by atoms with Crippen LogP contribution in [0.5, 0.6) is 11.5 Å². The minimum atomic E-state index is -0.639. The number of ether oxygens (including phenoxy) is 2. The van der Waals surface area contributed by atoms with Gasteiger partial charge in [-0.25, -0.2) is 0 Å². The van der Waals surface area contributed by atoms with Gasteiger partial charge in [0.2, 0.25) is 0 Å². The van der Waals surface area contributed by atoms with E-state index in [-0.39, 0.29) is 5.91 Å². The number of hydrogen-bond donors (Lipinski definition) is 1. The number of methoxy groups -OCH3 is 1. The number of anilines is 1. The van der Waals surface area contributed by atoms with Gasteiger partial charge in [-0.05, 0) is 49.7 Å². The van der Waals surface area contributed by atoms with Crippen molar-refractivity contribution < 1.29 is 14.3 Å². The molecular formula is C17H18BrNO3. The normalized spacial score (nSPS) is 11.6. The SMILES string of the molecule is COc1ccccc1O[C@H](C)C(=O)Nc1ccc(Br)c(C)c1. The van der Waals surface area contributed by atoms with E-state index in [9.17, 15) is 4.79 Å². The molecule has 0 unspecified atom stereocenters. The average Bonchev–Trinajstić information content (AvgIpc) is 2.51. The molecule has 1 N–H and O–H groups in total. The summed E-state index contributed by atoms with van der Waals surface area (Å²) in [5, 5.41) is 2.84. The maximum absolute atomic E-state index is 12.2. The highest BCUT2D eigenvalue weighted by Crippen LogP contribution is 2.27. The molecule has 0 heterocycles. The molecule has 2 aromatic carbocycles. The van der Waals surface area contributed by atoms with E-state index >= 15 is 0 Å². The lowest BCUT2D eigenvalue weighted by Gasteiger charge is -2.17. The fourth-order valence-electron chi connectivity index (χ4n) is 1.93. The van der Waals surface area contributed by atoms with Crippen LogP contribution in [0.1, 0.15) is 12.5 Å². The largest absolute Gasteiger partial charge is 0.493 e. The summed E-state index contributed by atoms with van der Waals surface area (Å²) < 4.78 is 11.9. The Balaban J connectivity index is 2.04. The third-order valence-corrected chi connectivity index (χ3v) is 4.06. The summed E-state index contributed by atoms with van der Waals surface area (Å²) >= 11 is 3.43. The summed E-state index contributed by atoms with van der Waals surface area (Å²) in [6.45, 7) is 3.67. The molecule has 0 bridgehead atoms. The summed E-state index contributed by atoms with van der Waals surface area (Å²) in [4.78, 5) is 12.2. The zero-order valence-electron chi connectivity index (χ0n) is 12.7. The van der Waals surface area contributed by atoms with Crippen LogP contribution in [0, 0.1) is 6.92 Å². The lowest BCUT2D eigenvalue weighted by atomic mass is 10.2. The maximum atomic E-state index is 12.2. The molecule has 0 fully saturated rings. The predicted molar refractivity (Wildman–Crippen MR) is 90.6 cm³/mol. The third-order valence-electron chi connectivity index (χ3n) is 3.17. The van der Waals surface area contributed by atoms with Gasteiger partial charge in [-0.1, -0.05) is 28.1 Å². The van der Waals surface area contributed by atoms with Crippen LogP contribution in [-0.4, -0.2) is 19.1 Å². The van der Waals surface area contributed by atoms with Crippen molar-refractivity contribution in [2.75, 3.05) is 12.4 Å². The molecule has 2 rings (SSSR count). The van der Waals surface area contributed by atoms with E-state index in [0.717, 1.165) is 15.7 Å². The van der Waals surface area contributed by atoms with Crippen LogP contribution in [0.25, 0.3) is 0 Å². The fraction of sp³-hybridized carbons (Fsp3) is 0.235. The van der Waals surface area contributed by atoms with Gasteiger partial charge < -0.3 is 14.8 Å². The Labute approximate surface area is 138 Å². The molecule has 2 aromatic rings. The molecule has 0 radical (unpaired) electrons. The Morgan fingerprint density at radius 1 is 1.18 bits per heavy atom. The zero-order chi connectivity index (χ0) is 16.1. The van der Waals surface area contributed by atoms with Gasteiger partial charge in [0.1, 0.15) is 0 Å². The molecule has 1 atom stereocenters. The number of carbonyl (C=O) groups is 1. The number of nitrogens with one attached hydrogen (secondary N) is 1. The molecule has 0 spiro atoms. The molecule has 0 saturated carbocycles. The van der Waals surface area contributed by atoms with Crippen LogP contribution in [0.15, 0.2) is 46.9 Å². The molecule has 22 heavy (non-hydrogen) atoms. The third kappa shape index (κ3) is 4.01. The second kappa shape index (κ2) is 7.31. The molecule has 0 saturated heterocycles. The number of carbonyl (C=O) groups excluding carboxylic acids is 1. The quantitative estimate of drug-likeness (QED) is 0.866. The molecule has 4 nitrogen and oxygen atoms in total. The number of aryl methyl sites for hydroxylation is 1. The fourth-order valence-corrected chi connectivity index (χ4v) is 2.17. The van der Waals surface area contributed by atoms with Gasteiger partial charge in [-0.15, -0.1) is 0 Å². The smallest absolute Gasteiger partial charge is 0.265 e. The molecule has 116 valence electrons. The Kier molecular flexibility index (Phi) is 5.44. The number of rotatable bonds is 5. The Morgan fingerprint density at radius 3 is 2.50 bits per heavy atom. The van der Waals surface area contributed by atoms with Gasteiger partial charge in [0.15, 0.2) is 17.6 Å². The van der Waals surface area contributed by atoms with Gasteiger partial charge in [0.05, 0.1) is 7.11 Å². The first-order valence-corrected chi connectivity index (χ1v) is 7.67. The Hall–Kier alpha value is -2.01. The first-order chi connectivity index (χ1) is 10.5. The Bertz CT molecular complexity index is 673. The number of para-hydroxylation sites is 2. The van der Waals surface area contributed by atoms with E-state index in [0.29, 0.717) is 11.5 Å². The predicted octanol–water partition coefficient (Wildman–Crippen LogP) is 4.17. The summed E-state index contributed by atoms with van der Waals surface area (Å²) in [5.41, 5.74) is 1.79. The highest BCUT2D eigenvalue weighted by Gasteiger charge is 2.17. The van der Waals surface area contributed by atoms with E-state index in [1.54, 1.807) is 26.2 Å². The van der Waals surface area contributed by atoms with Crippen molar-refractivity contribution in [2.24, 2.45) is 0 Å². The lowest BCUT2D eigenvalue weighted by molar-refractivity contribution is -0.122. The van der Waals surface area contributed by atoms with E-state index in [2.05, 4.69) is 21.2 Å². The molecule has 0 aliphatic carbocycles. The highest BCUT2D eigenvalue weighted by atomic mass is 79.9. The molecule has 5 heteroatoms. The monoisotopic (exact) mass is 363 g/mol. The van der Waals surface area contributed by atoms with Crippen molar-refractivity contribution in [3.63, 3.8) is 0 Å². The minimum absolute atomic E-state index is 0.215. The summed E-state index contributed by atoms with van der Waals surface area (Å²) in [5.74, 6) is 0.925. The van der Waals surface area contributed by atoms with Gasteiger partial charge in [0, 0.05) is 10.2 Å². The van der Waals surface area contributed by atoms with Crippen molar-refractivity contribution >= 4 is 27.5 Å². The van der Waals surface area contributed by atoms with Crippen molar-refractivity contribution in [3.8, 4) is 11.5 Å². The zero-order valence-corrected chi connectivity index (χ0v) is 14.3. The first-order valence-electron chi connectivity index (χ1n) is 6.88. The van der Waals surface area contributed by atoms with Crippen LogP contribution in [0.2, 0.25) is 0 Å². The molecule has 0 aromatic heterocycles. The molecular weight excluding hydrogens is 346 g/mol. The average molecular weight is 364 g/mol. The van der Waals surface area contributed by atoms with Gasteiger partial charge in [-0.2, -0.15) is 0 Å². The van der Waals surface area contributed by atoms with E-state index in [1.165, 1.54) is 0 Å². The van der Waals surface area contributed by atoms with Crippen LogP contribution in [0.4, 0.5) is 5.69 Å². The minimum Gasteiger partial charge on any atom is -0.493 e. The number of hydrogen-bond acceptors (Lipinski definition) is 3. The second-order valence-electron chi connectivity index (χ2n) is 4.86. The maximum Gasteiger partial charge on any atom is 0.265 e. The molecule has 0 aliphatic heterocycles. The number of halogens is 1. The van der Waals surface area contributed by atoms with Crippen molar-refractivity contribution in [3.05, 3.63) is 52.5 Å². The van der Waals surface area contributed by atoms with Crippen LogP contribution in [-0.2, 0) is 4.79 Å². The van der Waals surface area contributed by atoms with Crippen LogP contribution >= 0.6 is 15.9 Å². The standard InChI is InChI=1S/C17H18BrNO3/c1-11-10-13(8-9-14(11)18)19-17(20)12(2)22-16-7-5-4-6-15(16)21-3/h4-10,12H,1-3H3,(H,19,20)/t12-/m1/s1. The lowest BCUT2D eigenvalue weighted by Crippen LogP contribution is -2.30. The summed E-state index contributed by atoms with van der Waals surface area (Å²) in [6, 6.07) is 12.9. The van der Waals surface area contributed by atoms with Crippen molar-refractivity contribution in [1.82, 2.24) is 0 Å². The van der Waals surface area contributed by atoms with Crippen molar-refractivity contribution in [2.45, 2.75) is 20.0 Å². The number of benzene rings is 2. The second-order valence-corrected chi connectivity index (χ2v) is 5.72. The number of amides is 1. The van der Waals surface area contributed by atoms with Crippen LogP contribution < -0.4 is 14.8 Å². The van der Waals surface area contributed by atoms with Gasteiger partial charge >= 0.3 is 0 Å². The topological polar surface area (TPSA) is 47.6 Å². The summed E-state index contributed by atoms with van der Waals surface area (Å²) in [7, 11) is 1.57. The first kappa shape index (κ1) is 16.4.